The molecule has 0 aliphatic rings. The van der Waals surface area contributed by atoms with Crippen LogP contribution in [0.25, 0.3) is 32.3 Å². The lowest BCUT2D eigenvalue weighted by atomic mass is 10.00. The molecule has 0 amide bonds. The van der Waals surface area contributed by atoms with Gasteiger partial charge in [-0.15, -0.1) is 0 Å². The number of unbranched alkanes of at least 4 members (excludes halogenated alkanes) is 45. The molecule has 0 aliphatic carbocycles. The Morgan fingerprint density at radius 3 is 0.607 bits per heavy atom. The molecule has 0 N–H and O–H groups in total. The van der Waals surface area contributed by atoms with Gasteiger partial charge < -0.3 is 13.6 Å². The van der Waals surface area contributed by atoms with Crippen molar-refractivity contribution in [1.82, 2.24) is 0 Å². The predicted molar refractivity (Wildman–Crippen MR) is 391 cm³/mol. The fourth-order valence-corrected chi connectivity index (χ4v) is 15.2. The number of phosphoric ester groups is 1. The molecule has 5 heteroatoms. The lowest BCUT2D eigenvalue weighted by molar-refractivity contribution is 0.298. The molecule has 6 rings (SSSR count). The highest BCUT2D eigenvalue weighted by Gasteiger charge is 2.37. The van der Waals surface area contributed by atoms with Crippen LogP contribution < -0.4 is 13.6 Å². The topological polar surface area (TPSA) is 44.8 Å². The molecule has 6 aromatic carbocycles. The number of hydrogen-bond acceptors (Lipinski definition) is 4. The van der Waals surface area contributed by atoms with Crippen molar-refractivity contribution in [2.75, 3.05) is 0 Å². The highest BCUT2D eigenvalue weighted by atomic mass is 31.2. The average molecular weight is 1230 g/mol. The van der Waals surface area contributed by atoms with Crippen molar-refractivity contribution in [3.05, 3.63) is 126 Å². The lowest BCUT2D eigenvalue weighted by Crippen LogP contribution is -2.12. The Kier molecular flexibility index (Phi) is 39.5. The number of aryl methyl sites for hydroxylation is 3. The van der Waals surface area contributed by atoms with Gasteiger partial charge in [-0.1, -0.05) is 419 Å². The Balaban J connectivity index is 1.14. The zero-order valence-corrected chi connectivity index (χ0v) is 58.4. The fraction of sp³-hybridized carbons (Fsp3) is 0.643. The van der Waals surface area contributed by atoms with Crippen molar-refractivity contribution in [2.24, 2.45) is 0 Å². The summed E-state index contributed by atoms with van der Waals surface area (Å²) in [6.07, 6.45) is 66.6. The quantitative estimate of drug-likeness (QED) is 0.0282. The maximum Gasteiger partial charge on any atom is 0.647 e. The van der Waals surface area contributed by atoms with Gasteiger partial charge in [0.2, 0.25) is 0 Å². The van der Waals surface area contributed by atoms with Crippen molar-refractivity contribution in [2.45, 2.75) is 348 Å². The highest BCUT2D eigenvalue weighted by molar-refractivity contribution is 7.49. The second-order valence-electron chi connectivity index (χ2n) is 27.2. The summed E-state index contributed by atoms with van der Waals surface area (Å²) >= 11 is 0. The Morgan fingerprint density at radius 2 is 0.404 bits per heavy atom. The van der Waals surface area contributed by atoms with Crippen LogP contribution in [-0.2, 0) is 23.8 Å². The first-order valence-electron chi connectivity index (χ1n) is 38.2. The fourth-order valence-electron chi connectivity index (χ4n) is 13.8. The van der Waals surface area contributed by atoms with E-state index < -0.39 is 7.82 Å². The molecular weight excluding hydrogens is 1100 g/mol. The van der Waals surface area contributed by atoms with Gasteiger partial charge in [0.05, 0.1) is 0 Å². The number of hydrogen-bond donors (Lipinski definition) is 0. The van der Waals surface area contributed by atoms with Crippen molar-refractivity contribution >= 4 is 40.1 Å². The minimum absolute atomic E-state index is 0.617. The van der Waals surface area contributed by atoms with E-state index in [1.165, 1.54) is 270 Å². The third-order valence-corrected chi connectivity index (χ3v) is 20.6. The van der Waals surface area contributed by atoms with Crippen molar-refractivity contribution < 1.29 is 18.1 Å². The Morgan fingerprint density at radius 1 is 0.225 bits per heavy atom. The molecule has 0 saturated heterocycles. The van der Waals surface area contributed by atoms with Crippen LogP contribution in [0.2, 0.25) is 0 Å². The number of benzene rings is 6. The molecular formula is C84H129O4P. The van der Waals surface area contributed by atoms with Crippen molar-refractivity contribution in [3.8, 4) is 17.2 Å². The molecule has 0 saturated carbocycles. The van der Waals surface area contributed by atoms with E-state index in [-0.39, 0.29) is 0 Å². The summed E-state index contributed by atoms with van der Waals surface area (Å²) in [5.74, 6) is 1.85. The van der Waals surface area contributed by atoms with E-state index in [1.54, 1.807) is 0 Å². The standard InChI is InChI=1S/C84H129O4P/c1-4-7-10-13-16-19-22-25-28-31-34-37-40-43-46-49-61-76-70-67-73-58-52-55-64-79(73)82(76)86-89(85,87-83-77(71-68-74-59-53-56-65-80(74)83)62-50-47-44-41-38-35-32-29-26-23-20-17-14-11-8-5-2)88-84-78(72-69-75-60-54-57-66-81(75)84)63-51-48-45-42-39-36-33-30-27-24-21-18-15-12-9-6-3/h52-60,64-72H,4-51,61-63H2,1-3H3. The van der Waals surface area contributed by atoms with E-state index in [4.69, 9.17) is 13.6 Å². The van der Waals surface area contributed by atoms with E-state index in [1.807, 2.05) is 0 Å². The normalized spacial score (nSPS) is 11.9. The SMILES string of the molecule is CCCCCCCCCCCCCCCCCCc1ccc2ccccc2c1OP(=O)(Oc1c(CCCCCCCCCCCCCCCCCC)ccc2ccccc12)Oc1c(CCCCCCCCCCCCCCCCCC)ccc2ccccc12. The van der Waals surface area contributed by atoms with Crippen molar-refractivity contribution in [1.29, 1.82) is 0 Å². The third-order valence-electron chi connectivity index (χ3n) is 19.4. The van der Waals surface area contributed by atoms with Gasteiger partial charge in [-0.05, 0) is 71.4 Å². The Bertz CT molecular complexity index is 2480. The minimum Gasteiger partial charge on any atom is -0.385 e. The van der Waals surface area contributed by atoms with E-state index in [0.717, 1.165) is 107 Å². The third kappa shape index (κ3) is 29.9. The van der Waals surface area contributed by atoms with Gasteiger partial charge in [0, 0.05) is 16.2 Å². The maximum atomic E-state index is 16.7. The smallest absolute Gasteiger partial charge is 0.385 e. The van der Waals surface area contributed by atoms with Gasteiger partial charge in [-0.2, -0.15) is 4.57 Å². The van der Waals surface area contributed by atoms with Crippen LogP contribution in [0.4, 0.5) is 0 Å². The molecule has 0 unspecified atom stereocenters. The second kappa shape index (κ2) is 47.6. The van der Waals surface area contributed by atoms with Gasteiger partial charge in [0.15, 0.2) is 0 Å². The average Bonchev–Trinajstić information content (AvgIpc) is 1.17. The van der Waals surface area contributed by atoms with Crippen molar-refractivity contribution in [3.63, 3.8) is 0 Å². The maximum absolute atomic E-state index is 16.7. The van der Waals surface area contributed by atoms with Crippen LogP contribution in [0.1, 0.15) is 346 Å². The molecule has 0 radical (unpaired) electrons. The number of fused-ring (bicyclic) bond motifs is 3. The first kappa shape index (κ1) is 73.8. The molecule has 4 nitrogen and oxygen atoms in total. The summed E-state index contributed by atoms with van der Waals surface area (Å²) in [4.78, 5) is 0. The van der Waals surface area contributed by atoms with Gasteiger partial charge in [-0.3, -0.25) is 0 Å². The molecule has 0 bridgehead atoms. The molecule has 0 aromatic heterocycles. The molecule has 0 aliphatic heterocycles. The van der Waals surface area contributed by atoms with E-state index in [0.29, 0.717) is 17.2 Å². The molecule has 0 spiro atoms. The monoisotopic (exact) mass is 1230 g/mol. The largest absolute Gasteiger partial charge is 0.647 e. The van der Waals surface area contributed by atoms with Crippen LogP contribution in [0.3, 0.4) is 0 Å². The van der Waals surface area contributed by atoms with Crippen LogP contribution in [0, 0.1) is 0 Å². The molecule has 0 atom stereocenters. The lowest BCUT2D eigenvalue weighted by Gasteiger charge is -2.25. The van der Waals surface area contributed by atoms with Crippen LogP contribution in [0.15, 0.2) is 109 Å². The molecule has 6 aromatic rings. The first-order chi connectivity index (χ1) is 44.0. The van der Waals surface area contributed by atoms with Crippen LogP contribution >= 0.6 is 7.82 Å². The number of rotatable bonds is 57. The summed E-state index contributed by atoms with van der Waals surface area (Å²) in [5, 5.41) is 5.96. The van der Waals surface area contributed by atoms with E-state index >= 15 is 4.57 Å². The summed E-state index contributed by atoms with van der Waals surface area (Å²) in [6, 6.07) is 38.4. The van der Waals surface area contributed by atoms with Gasteiger partial charge in [-0.25, -0.2) is 0 Å². The molecule has 0 fully saturated rings. The summed E-state index contributed by atoms with van der Waals surface area (Å²) in [7, 11) is -4.51. The minimum atomic E-state index is -4.51. The molecule has 89 heavy (non-hydrogen) atoms. The van der Waals surface area contributed by atoms with Crippen LogP contribution in [0.5, 0.6) is 17.2 Å². The van der Waals surface area contributed by atoms with Gasteiger partial charge in [0.25, 0.3) is 0 Å². The Labute approximate surface area is 546 Å². The molecule has 0 heterocycles. The first-order valence-corrected chi connectivity index (χ1v) is 39.7. The summed E-state index contributed by atoms with van der Waals surface area (Å²) in [6.45, 7) is 6.91. The molecule has 494 valence electrons. The number of phosphoric acid groups is 1. The highest BCUT2D eigenvalue weighted by Crippen LogP contribution is 2.55. The summed E-state index contributed by atoms with van der Waals surface area (Å²) in [5.41, 5.74) is 3.16. The summed E-state index contributed by atoms with van der Waals surface area (Å²) < 4.78 is 38.4. The predicted octanol–water partition coefficient (Wildman–Crippen LogP) is 29.2. The zero-order chi connectivity index (χ0) is 62.3. The zero-order valence-electron chi connectivity index (χ0n) is 57.5. The van der Waals surface area contributed by atoms with Gasteiger partial charge >= 0.3 is 7.82 Å². The van der Waals surface area contributed by atoms with E-state index in [9.17, 15) is 0 Å². The van der Waals surface area contributed by atoms with Crippen LogP contribution in [-0.4, -0.2) is 0 Å². The van der Waals surface area contributed by atoms with Gasteiger partial charge in [0.1, 0.15) is 17.2 Å². The van der Waals surface area contributed by atoms with E-state index in [2.05, 4.69) is 130 Å². The Hall–Kier alpha value is -4.27. The second-order valence-corrected chi connectivity index (χ2v) is 28.6.